The van der Waals surface area contributed by atoms with Crippen molar-refractivity contribution in [3.8, 4) is 0 Å². The monoisotopic (exact) mass is 347 g/mol. The SMILES string of the molecule is S=C(NC1CCCCCC1)N(Cc1ccncc1)C[C@H]1CCCO1. The zero-order valence-corrected chi connectivity index (χ0v) is 15.3. The third-order valence-electron chi connectivity index (χ3n) is 5.04. The van der Waals surface area contributed by atoms with E-state index >= 15 is 0 Å². The van der Waals surface area contributed by atoms with Crippen LogP contribution in [-0.4, -0.2) is 40.3 Å². The van der Waals surface area contributed by atoms with Crippen LogP contribution in [0.3, 0.4) is 0 Å². The molecule has 2 fully saturated rings. The first kappa shape index (κ1) is 17.6. The average molecular weight is 348 g/mol. The largest absolute Gasteiger partial charge is 0.376 e. The molecular formula is C19H29N3OS. The van der Waals surface area contributed by atoms with Crippen LogP contribution in [0.4, 0.5) is 0 Å². The Hall–Kier alpha value is -1.20. The van der Waals surface area contributed by atoms with Gasteiger partial charge in [-0.25, -0.2) is 0 Å². The van der Waals surface area contributed by atoms with Gasteiger partial charge < -0.3 is 15.0 Å². The second-order valence-electron chi connectivity index (χ2n) is 7.01. The van der Waals surface area contributed by atoms with Crippen molar-refractivity contribution >= 4 is 17.3 Å². The minimum atomic E-state index is 0.306. The highest BCUT2D eigenvalue weighted by molar-refractivity contribution is 7.80. The lowest BCUT2D eigenvalue weighted by molar-refractivity contribution is 0.0895. The maximum absolute atomic E-state index is 5.84. The van der Waals surface area contributed by atoms with E-state index in [0.717, 1.165) is 37.7 Å². The third-order valence-corrected chi connectivity index (χ3v) is 5.42. The number of nitrogens with zero attached hydrogens (tertiary/aromatic N) is 2. The maximum atomic E-state index is 5.84. The first-order chi connectivity index (χ1) is 11.8. The zero-order valence-electron chi connectivity index (χ0n) is 14.5. The predicted octanol–water partition coefficient (Wildman–Crippen LogP) is 3.66. The Labute approximate surface area is 151 Å². The van der Waals surface area contributed by atoms with Crippen LogP contribution in [0.15, 0.2) is 24.5 Å². The second kappa shape index (κ2) is 9.33. The quantitative estimate of drug-likeness (QED) is 0.650. The number of pyridine rings is 1. The Morgan fingerprint density at radius 3 is 2.54 bits per heavy atom. The molecule has 2 aliphatic rings. The minimum Gasteiger partial charge on any atom is -0.376 e. The van der Waals surface area contributed by atoms with Crippen molar-refractivity contribution in [2.24, 2.45) is 0 Å². The lowest BCUT2D eigenvalue weighted by atomic mass is 10.1. The number of rotatable bonds is 5. The number of nitrogens with one attached hydrogen (secondary N) is 1. The summed E-state index contributed by atoms with van der Waals surface area (Å²) in [6.45, 7) is 2.58. The highest BCUT2D eigenvalue weighted by Crippen LogP contribution is 2.19. The molecule has 4 nitrogen and oxygen atoms in total. The number of ether oxygens (including phenoxy) is 1. The molecule has 1 N–H and O–H groups in total. The van der Waals surface area contributed by atoms with Gasteiger partial charge in [0.2, 0.25) is 0 Å². The molecular weight excluding hydrogens is 318 g/mol. The van der Waals surface area contributed by atoms with Crippen LogP contribution in [0, 0.1) is 0 Å². The van der Waals surface area contributed by atoms with Crippen molar-refractivity contribution in [1.82, 2.24) is 15.2 Å². The van der Waals surface area contributed by atoms with E-state index in [-0.39, 0.29) is 0 Å². The van der Waals surface area contributed by atoms with Gasteiger partial charge in [-0.1, -0.05) is 25.7 Å². The summed E-state index contributed by atoms with van der Waals surface area (Å²) in [4.78, 5) is 6.40. The van der Waals surface area contributed by atoms with Crippen LogP contribution >= 0.6 is 12.2 Å². The summed E-state index contributed by atoms with van der Waals surface area (Å²) in [6, 6.07) is 4.66. The van der Waals surface area contributed by atoms with E-state index in [1.165, 1.54) is 44.1 Å². The molecule has 1 saturated heterocycles. The molecule has 5 heteroatoms. The van der Waals surface area contributed by atoms with Gasteiger partial charge in [0.05, 0.1) is 6.10 Å². The van der Waals surface area contributed by atoms with Gasteiger partial charge in [-0.15, -0.1) is 0 Å². The molecule has 1 aliphatic carbocycles. The van der Waals surface area contributed by atoms with Crippen LogP contribution in [0.25, 0.3) is 0 Å². The highest BCUT2D eigenvalue weighted by atomic mass is 32.1. The van der Waals surface area contributed by atoms with E-state index < -0.39 is 0 Å². The molecule has 0 amide bonds. The first-order valence-corrected chi connectivity index (χ1v) is 9.78. The van der Waals surface area contributed by atoms with Gasteiger partial charge in [0.25, 0.3) is 0 Å². The first-order valence-electron chi connectivity index (χ1n) is 9.37. The van der Waals surface area contributed by atoms with E-state index in [1.807, 2.05) is 12.4 Å². The van der Waals surface area contributed by atoms with Gasteiger partial charge >= 0.3 is 0 Å². The second-order valence-corrected chi connectivity index (χ2v) is 7.40. The summed E-state index contributed by atoms with van der Waals surface area (Å²) in [5, 5.41) is 4.52. The molecule has 2 heterocycles. The Morgan fingerprint density at radius 1 is 1.12 bits per heavy atom. The fraction of sp³-hybridized carbons (Fsp3) is 0.684. The molecule has 3 rings (SSSR count). The van der Waals surface area contributed by atoms with E-state index in [2.05, 4.69) is 27.3 Å². The minimum absolute atomic E-state index is 0.306. The van der Waals surface area contributed by atoms with Crippen LogP contribution in [0.5, 0.6) is 0 Å². The summed E-state index contributed by atoms with van der Waals surface area (Å²) in [5.74, 6) is 0. The molecule has 24 heavy (non-hydrogen) atoms. The van der Waals surface area contributed by atoms with Gasteiger partial charge in [-0.3, -0.25) is 4.98 Å². The van der Waals surface area contributed by atoms with Crippen LogP contribution in [0.1, 0.15) is 56.9 Å². The Balaban J connectivity index is 1.61. The number of thiocarbonyl (C=S) groups is 1. The van der Waals surface area contributed by atoms with Crippen molar-refractivity contribution in [3.05, 3.63) is 30.1 Å². The summed E-state index contributed by atoms with van der Waals surface area (Å²) in [5.41, 5.74) is 1.24. The van der Waals surface area contributed by atoms with E-state index in [0.29, 0.717) is 12.1 Å². The fourth-order valence-electron chi connectivity index (χ4n) is 3.65. The molecule has 0 unspecified atom stereocenters. The Morgan fingerprint density at radius 2 is 1.88 bits per heavy atom. The molecule has 1 aromatic heterocycles. The van der Waals surface area contributed by atoms with E-state index in [1.54, 1.807) is 0 Å². The summed E-state index contributed by atoms with van der Waals surface area (Å²) >= 11 is 5.78. The van der Waals surface area contributed by atoms with Crippen LogP contribution < -0.4 is 5.32 Å². The van der Waals surface area contributed by atoms with Gasteiger partial charge in [0, 0.05) is 38.1 Å². The summed E-state index contributed by atoms with van der Waals surface area (Å²) in [6.07, 6.45) is 14.1. The molecule has 1 saturated carbocycles. The molecule has 132 valence electrons. The summed E-state index contributed by atoms with van der Waals surface area (Å²) < 4.78 is 5.84. The predicted molar refractivity (Wildman–Crippen MR) is 101 cm³/mol. The average Bonchev–Trinajstić information content (AvgIpc) is 2.98. The van der Waals surface area contributed by atoms with Crippen LogP contribution in [0.2, 0.25) is 0 Å². The van der Waals surface area contributed by atoms with Crippen LogP contribution in [-0.2, 0) is 11.3 Å². The van der Waals surface area contributed by atoms with Gasteiger partial charge in [0.15, 0.2) is 5.11 Å². The van der Waals surface area contributed by atoms with Gasteiger partial charge in [-0.2, -0.15) is 0 Å². The van der Waals surface area contributed by atoms with Crippen molar-refractivity contribution in [2.75, 3.05) is 13.2 Å². The standard InChI is InChI=1S/C19H29N3OS/c24-19(21-17-6-3-1-2-4-7-17)22(15-18-8-5-13-23-18)14-16-9-11-20-12-10-16/h9-12,17-18H,1-8,13-15H2,(H,21,24)/t18-/m1/s1. The van der Waals surface area contributed by atoms with Crippen molar-refractivity contribution in [2.45, 2.75) is 70.1 Å². The lowest BCUT2D eigenvalue weighted by Crippen LogP contribution is -2.46. The maximum Gasteiger partial charge on any atom is 0.169 e. The topological polar surface area (TPSA) is 37.4 Å². The fourth-order valence-corrected chi connectivity index (χ4v) is 3.96. The number of hydrogen-bond acceptors (Lipinski definition) is 3. The number of hydrogen-bond donors (Lipinski definition) is 1. The third kappa shape index (κ3) is 5.42. The number of aromatic nitrogens is 1. The van der Waals surface area contributed by atoms with E-state index in [9.17, 15) is 0 Å². The molecule has 0 spiro atoms. The van der Waals surface area contributed by atoms with E-state index in [4.69, 9.17) is 17.0 Å². The zero-order chi connectivity index (χ0) is 16.6. The normalized spacial score (nSPS) is 22.1. The molecule has 0 radical (unpaired) electrons. The van der Waals surface area contributed by atoms with Gasteiger partial charge in [0.1, 0.15) is 0 Å². The molecule has 0 aromatic carbocycles. The molecule has 1 aromatic rings. The molecule has 0 bridgehead atoms. The Kier molecular flexibility index (Phi) is 6.85. The Bertz CT molecular complexity index is 497. The highest BCUT2D eigenvalue weighted by Gasteiger charge is 2.22. The summed E-state index contributed by atoms with van der Waals surface area (Å²) in [7, 11) is 0. The van der Waals surface area contributed by atoms with Crippen molar-refractivity contribution in [1.29, 1.82) is 0 Å². The lowest BCUT2D eigenvalue weighted by Gasteiger charge is -2.30. The molecule has 1 atom stereocenters. The van der Waals surface area contributed by atoms with Gasteiger partial charge in [-0.05, 0) is 55.6 Å². The van der Waals surface area contributed by atoms with Crippen molar-refractivity contribution < 1.29 is 4.74 Å². The van der Waals surface area contributed by atoms with Crippen molar-refractivity contribution in [3.63, 3.8) is 0 Å². The molecule has 1 aliphatic heterocycles. The smallest absolute Gasteiger partial charge is 0.169 e.